The zero-order chi connectivity index (χ0) is 13.1. The van der Waals surface area contributed by atoms with E-state index in [1.54, 1.807) is 4.68 Å². The molecule has 2 rings (SSSR count). The first-order chi connectivity index (χ1) is 8.61. The van der Waals surface area contributed by atoms with Gasteiger partial charge in [-0.2, -0.15) is 10.4 Å². The smallest absolute Gasteiger partial charge is 0.142 e. The Bertz CT molecular complexity index is 462. The Morgan fingerprint density at radius 3 is 3.00 bits per heavy atom. The summed E-state index contributed by atoms with van der Waals surface area (Å²) in [5.41, 5.74) is 1.37. The van der Waals surface area contributed by atoms with E-state index in [0.29, 0.717) is 12.1 Å². The summed E-state index contributed by atoms with van der Waals surface area (Å²) in [5.74, 6) is 0.770. The maximum absolute atomic E-state index is 9.11. The summed E-state index contributed by atoms with van der Waals surface area (Å²) in [6.07, 6.45) is 0.158. The highest BCUT2D eigenvalue weighted by molar-refractivity contribution is 5.55. The number of ether oxygens (including phenoxy) is 1. The minimum Gasteiger partial charge on any atom is -0.374 e. The monoisotopic (exact) mass is 249 g/mol. The molecule has 0 bridgehead atoms. The predicted octanol–water partition coefficient (Wildman–Crippen LogP) is 0.343. The highest BCUT2D eigenvalue weighted by atomic mass is 16.5. The second-order valence-electron chi connectivity index (χ2n) is 4.68. The largest absolute Gasteiger partial charge is 0.374 e. The number of rotatable bonds is 3. The fourth-order valence-corrected chi connectivity index (χ4v) is 2.20. The molecule has 0 radical (unpaired) electrons. The number of hydrogen-bond acceptors (Lipinski definition) is 5. The van der Waals surface area contributed by atoms with Crippen molar-refractivity contribution in [1.29, 1.82) is 5.26 Å². The van der Waals surface area contributed by atoms with Crippen LogP contribution in [-0.2, 0) is 11.8 Å². The molecule has 1 aromatic heterocycles. The molecule has 1 aliphatic rings. The molecule has 1 unspecified atom stereocenters. The average molecular weight is 249 g/mol. The molecule has 1 aromatic rings. The number of morpholine rings is 1. The third-order valence-electron chi connectivity index (χ3n) is 3.17. The minimum atomic E-state index is 0.158. The first kappa shape index (κ1) is 12.9. The lowest BCUT2D eigenvalue weighted by Gasteiger charge is -2.30. The van der Waals surface area contributed by atoms with Gasteiger partial charge in [-0.1, -0.05) is 0 Å². The van der Waals surface area contributed by atoms with Crippen LogP contribution in [0.2, 0.25) is 0 Å². The molecule has 1 N–H and O–H groups in total. The molecule has 0 amide bonds. The van der Waals surface area contributed by atoms with E-state index in [9.17, 15) is 0 Å². The second-order valence-corrected chi connectivity index (χ2v) is 4.68. The Balaban J connectivity index is 2.00. The number of nitrogens with one attached hydrogen (secondary N) is 1. The third-order valence-corrected chi connectivity index (χ3v) is 3.17. The molecule has 0 saturated carbocycles. The summed E-state index contributed by atoms with van der Waals surface area (Å²) in [7, 11) is 3.93. The van der Waals surface area contributed by atoms with Crippen LogP contribution >= 0.6 is 0 Å². The molecule has 98 valence electrons. The zero-order valence-electron chi connectivity index (χ0n) is 11.1. The van der Waals surface area contributed by atoms with Crippen molar-refractivity contribution in [1.82, 2.24) is 14.7 Å². The number of nitrogens with zero attached hydrogens (tertiary/aromatic N) is 4. The van der Waals surface area contributed by atoms with E-state index >= 15 is 0 Å². The maximum atomic E-state index is 9.11. The van der Waals surface area contributed by atoms with Crippen LogP contribution in [0.4, 0.5) is 5.82 Å². The van der Waals surface area contributed by atoms with E-state index in [1.807, 2.05) is 14.0 Å². The molecular weight excluding hydrogens is 230 g/mol. The standard InChI is InChI=1S/C12H19N5O/c1-9-11(6-13)12(17(3)15-9)14-7-10-8-16(2)4-5-18-10/h10,14H,4-5,7-8H2,1-3H3. The van der Waals surface area contributed by atoms with E-state index in [-0.39, 0.29) is 6.10 Å². The number of nitriles is 1. The minimum absolute atomic E-state index is 0.158. The fraction of sp³-hybridized carbons (Fsp3) is 0.667. The van der Waals surface area contributed by atoms with Crippen molar-refractivity contribution in [3.8, 4) is 6.07 Å². The quantitative estimate of drug-likeness (QED) is 0.837. The summed E-state index contributed by atoms with van der Waals surface area (Å²) < 4.78 is 7.38. The van der Waals surface area contributed by atoms with Crippen LogP contribution in [0.15, 0.2) is 0 Å². The summed E-state index contributed by atoms with van der Waals surface area (Å²) in [6.45, 7) is 5.18. The average Bonchev–Trinajstić information content (AvgIpc) is 2.60. The Morgan fingerprint density at radius 1 is 1.56 bits per heavy atom. The van der Waals surface area contributed by atoms with Gasteiger partial charge in [0.05, 0.1) is 18.4 Å². The molecular formula is C12H19N5O. The van der Waals surface area contributed by atoms with Gasteiger partial charge in [0.1, 0.15) is 17.5 Å². The van der Waals surface area contributed by atoms with Gasteiger partial charge >= 0.3 is 0 Å². The SMILES string of the molecule is Cc1nn(C)c(NCC2CN(C)CCO2)c1C#N. The number of likely N-dealkylation sites (N-methyl/N-ethyl adjacent to an activating group) is 1. The molecule has 1 fully saturated rings. The number of aryl methyl sites for hydroxylation is 2. The molecule has 6 nitrogen and oxygen atoms in total. The number of anilines is 1. The van der Waals surface area contributed by atoms with Crippen molar-refractivity contribution in [2.75, 3.05) is 38.6 Å². The van der Waals surface area contributed by atoms with Crippen LogP contribution in [0.5, 0.6) is 0 Å². The van der Waals surface area contributed by atoms with Crippen LogP contribution in [0.25, 0.3) is 0 Å². The number of aromatic nitrogens is 2. The van der Waals surface area contributed by atoms with E-state index < -0.39 is 0 Å². The van der Waals surface area contributed by atoms with Gasteiger partial charge in [-0.05, 0) is 14.0 Å². The van der Waals surface area contributed by atoms with Crippen molar-refractivity contribution < 1.29 is 4.74 Å². The lowest BCUT2D eigenvalue weighted by molar-refractivity contribution is -0.0117. The normalized spacial score (nSPS) is 20.7. The van der Waals surface area contributed by atoms with Gasteiger partial charge < -0.3 is 15.0 Å². The van der Waals surface area contributed by atoms with Crippen LogP contribution in [0.1, 0.15) is 11.3 Å². The van der Waals surface area contributed by atoms with E-state index in [2.05, 4.69) is 28.4 Å². The molecule has 0 aliphatic carbocycles. The summed E-state index contributed by atoms with van der Waals surface area (Å²) >= 11 is 0. The molecule has 2 heterocycles. The van der Waals surface area contributed by atoms with Gasteiger partial charge in [0.2, 0.25) is 0 Å². The Kier molecular flexibility index (Phi) is 3.84. The lowest BCUT2D eigenvalue weighted by atomic mass is 10.2. The van der Waals surface area contributed by atoms with Crippen molar-refractivity contribution in [3.63, 3.8) is 0 Å². The fourth-order valence-electron chi connectivity index (χ4n) is 2.20. The highest BCUT2D eigenvalue weighted by Crippen LogP contribution is 2.17. The van der Waals surface area contributed by atoms with Crippen molar-refractivity contribution in [2.45, 2.75) is 13.0 Å². The van der Waals surface area contributed by atoms with Gasteiger partial charge in [-0.25, -0.2) is 0 Å². The van der Waals surface area contributed by atoms with Gasteiger partial charge in [0.25, 0.3) is 0 Å². The molecule has 1 aliphatic heterocycles. The van der Waals surface area contributed by atoms with Crippen molar-refractivity contribution in [2.24, 2.45) is 7.05 Å². The second kappa shape index (κ2) is 5.38. The van der Waals surface area contributed by atoms with Crippen LogP contribution < -0.4 is 5.32 Å². The van der Waals surface area contributed by atoms with Gasteiger partial charge in [0, 0.05) is 26.7 Å². The van der Waals surface area contributed by atoms with E-state index in [4.69, 9.17) is 10.00 Å². The lowest BCUT2D eigenvalue weighted by Crippen LogP contribution is -2.43. The Labute approximate surface area is 107 Å². The molecule has 1 saturated heterocycles. The first-order valence-electron chi connectivity index (χ1n) is 6.09. The summed E-state index contributed by atoms with van der Waals surface area (Å²) in [5, 5.41) is 16.6. The molecule has 6 heteroatoms. The van der Waals surface area contributed by atoms with Gasteiger partial charge in [-0.15, -0.1) is 0 Å². The van der Waals surface area contributed by atoms with Crippen molar-refractivity contribution >= 4 is 5.82 Å². The third kappa shape index (κ3) is 2.63. The summed E-state index contributed by atoms with van der Waals surface area (Å²) in [6, 6.07) is 2.18. The van der Waals surface area contributed by atoms with E-state index in [0.717, 1.165) is 31.2 Å². The van der Waals surface area contributed by atoms with Gasteiger partial charge in [-0.3, -0.25) is 4.68 Å². The summed E-state index contributed by atoms with van der Waals surface area (Å²) in [4.78, 5) is 2.25. The van der Waals surface area contributed by atoms with E-state index in [1.165, 1.54) is 0 Å². The van der Waals surface area contributed by atoms with Crippen molar-refractivity contribution in [3.05, 3.63) is 11.3 Å². The maximum Gasteiger partial charge on any atom is 0.142 e. The predicted molar refractivity (Wildman–Crippen MR) is 68.4 cm³/mol. The highest BCUT2D eigenvalue weighted by Gasteiger charge is 2.19. The molecule has 1 atom stereocenters. The van der Waals surface area contributed by atoms with Crippen LogP contribution in [0.3, 0.4) is 0 Å². The zero-order valence-corrected chi connectivity index (χ0v) is 11.1. The van der Waals surface area contributed by atoms with Crippen LogP contribution in [-0.4, -0.2) is 54.1 Å². The Hall–Kier alpha value is -1.58. The Morgan fingerprint density at radius 2 is 2.33 bits per heavy atom. The molecule has 0 spiro atoms. The molecule has 0 aromatic carbocycles. The van der Waals surface area contributed by atoms with Gasteiger partial charge in [0.15, 0.2) is 0 Å². The molecule has 18 heavy (non-hydrogen) atoms. The number of hydrogen-bond donors (Lipinski definition) is 1. The van der Waals surface area contributed by atoms with Crippen LogP contribution in [0, 0.1) is 18.3 Å². The topological polar surface area (TPSA) is 66.1 Å². The first-order valence-corrected chi connectivity index (χ1v) is 6.09.